The number of hydrogen-bond acceptors (Lipinski definition) is 5. The van der Waals surface area contributed by atoms with Crippen LogP contribution >= 0.6 is 23.2 Å². The van der Waals surface area contributed by atoms with Gasteiger partial charge >= 0.3 is 0 Å². The second-order valence-electron chi connectivity index (χ2n) is 5.28. The van der Waals surface area contributed by atoms with Crippen molar-refractivity contribution >= 4 is 46.3 Å². The van der Waals surface area contributed by atoms with Gasteiger partial charge in [-0.2, -0.15) is 10.1 Å². The largest absolute Gasteiger partial charge is 0.338 e. The van der Waals surface area contributed by atoms with Crippen molar-refractivity contribution in [2.24, 2.45) is 0 Å². The highest BCUT2D eigenvalue weighted by Gasteiger charge is 2.08. The summed E-state index contributed by atoms with van der Waals surface area (Å²) in [5.74, 6) is 0.915. The third-order valence-corrected chi connectivity index (χ3v) is 4.31. The summed E-state index contributed by atoms with van der Waals surface area (Å²) in [5, 5.41) is 15.2. The normalized spacial score (nSPS) is 10.5. The molecule has 1 aromatic heterocycles. The number of anilines is 4. The van der Waals surface area contributed by atoms with Crippen molar-refractivity contribution in [2.45, 2.75) is 13.8 Å². The highest BCUT2D eigenvalue weighted by molar-refractivity contribution is 6.43. The molecule has 0 fully saturated rings. The Balaban J connectivity index is 1.86. The summed E-state index contributed by atoms with van der Waals surface area (Å²) >= 11 is 12.2. The number of hydrogen-bond donors (Lipinski definition) is 2. The average molecular weight is 360 g/mol. The van der Waals surface area contributed by atoms with Crippen molar-refractivity contribution < 1.29 is 0 Å². The zero-order valence-corrected chi connectivity index (χ0v) is 14.7. The molecule has 122 valence electrons. The molecule has 0 amide bonds. The first-order chi connectivity index (χ1) is 11.5. The van der Waals surface area contributed by atoms with Gasteiger partial charge in [-0.15, -0.1) is 5.10 Å². The van der Waals surface area contributed by atoms with Crippen molar-refractivity contribution in [1.29, 1.82) is 0 Å². The minimum atomic E-state index is 0.399. The standard InChI is InChI=1S/C17H15Cl2N5/c1-10-5-3-6-11(2)16(10)23-17-22-14(9-20-24-17)21-13-8-4-7-12(18)15(13)19/h3-9H,1-2H3,(H2,21,22,23,24). The van der Waals surface area contributed by atoms with Gasteiger partial charge < -0.3 is 10.6 Å². The van der Waals surface area contributed by atoms with Crippen molar-refractivity contribution in [3.8, 4) is 0 Å². The summed E-state index contributed by atoms with van der Waals surface area (Å²) in [4.78, 5) is 4.42. The number of halogens is 2. The summed E-state index contributed by atoms with van der Waals surface area (Å²) < 4.78 is 0. The fourth-order valence-corrected chi connectivity index (χ4v) is 2.63. The zero-order chi connectivity index (χ0) is 17.1. The molecule has 0 unspecified atom stereocenters. The molecule has 2 aromatic carbocycles. The molecule has 24 heavy (non-hydrogen) atoms. The summed E-state index contributed by atoms with van der Waals surface area (Å²) in [6.45, 7) is 4.05. The fourth-order valence-electron chi connectivity index (χ4n) is 2.28. The van der Waals surface area contributed by atoms with Gasteiger partial charge in [-0.05, 0) is 37.1 Å². The molecule has 0 radical (unpaired) electrons. The molecule has 0 spiro atoms. The van der Waals surface area contributed by atoms with E-state index in [0.717, 1.165) is 16.8 Å². The van der Waals surface area contributed by atoms with E-state index in [0.29, 0.717) is 27.5 Å². The second kappa shape index (κ2) is 7.03. The highest BCUT2D eigenvalue weighted by Crippen LogP contribution is 2.31. The Hall–Kier alpha value is -2.37. The lowest BCUT2D eigenvalue weighted by Gasteiger charge is -2.12. The van der Waals surface area contributed by atoms with Crippen LogP contribution in [0, 0.1) is 13.8 Å². The third kappa shape index (κ3) is 3.58. The van der Waals surface area contributed by atoms with Gasteiger partial charge in [0.25, 0.3) is 0 Å². The minimum Gasteiger partial charge on any atom is -0.338 e. The molecule has 7 heteroatoms. The number of rotatable bonds is 4. The number of aromatic nitrogens is 3. The summed E-state index contributed by atoms with van der Waals surface area (Å²) in [7, 11) is 0. The topological polar surface area (TPSA) is 62.7 Å². The van der Waals surface area contributed by atoms with Gasteiger partial charge in [0, 0.05) is 5.69 Å². The van der Waals surface area contributed by atoms with Crippen molar-refractivity contribution in [3.05, 3.63) is 63.8 Å². The van der Waals surface area contributed by atoms with Crippen molar-refractivity contribution in [2.75, 3.05) is 10.6 Å². The van der Waals surface area contributed by atoms with E-state index in [1.807, 2.05) is 38.1 Å². The van der Waals surface area contributed by atoms with Crippen LogP contribution in [0.1, 0.15) is 11.1 Å². The van der Waals surface area contributed by atoms with Crippen LogP contribution in [0.25, 0.3) is 0 Å². The van der Waals surface area contributed by atoms with Gasteiger partial charge in [-0.25, -0.2) is 0 Å². The second-order valence-corrected chi connectivity index (χ2v) is 6.07. The van der Waals surface area contributed by atoms with Gasteiger partial charge in [0.2, 0.25) is 5.95 Å². The molecule has 0 aliphatic heterocycles. The molecule has 3 rings (SSSR count). The Kier molecular flexibility index (Phi) is 4.83. The lowest BCUT2D eigenvalue weighted by molar-refractivity contribution is 0.981. The number of nitrogens with zero attached hydrogens (tertiary/aromatic N) is 3. The number of benzene rings is 2. The van der Waals surface area contributed by atoms with E-state index in [1.165, 1.54) is 6.20 Å². The molecule has 2 N–H and O–H groups in total. The third-order valence-electron chi connectivity index (χ3n) is 3.49. The number of nitrogens with one attached hydrogen (secondary N) is 2. The lowest BCUT2D eigenvalue weighted by atomic mass is 10.1. The predicted octanol–water partition coefficient (Wildman–Crippen LogP) is 5.28. The predicted molar refractivity (Wildman–Crippen MR) is 98.8 cm³/mol. The van der Waals surface area contributed by atoms with Crippen LogP contribution in [0.5, 0.6) is 0 Å². The van der Waals surface area contributed by atoms with E-state index in [4.69, 9.17) is 23.2 Å². The lowest BCUT2D eigenvalue weighted by Crippen LogP contribution is -2.04. The Morgan fingerprint density at radius 3 is 2.38 bits per heavy atom. The van der Waals surface area contributed by atoms with E-state index < -0.39 is 0 Å². The molecule has 0 saturated heterocycles. The van der Waals surface area contributed by atoms with E-state index in [9.17, 15) is 0 Å². The zero-order valence-electron chi connectivity index (χ0n) is 13.1. The van der Waals surface area contributed by atoms with Crippen LogP contribution in [-0.2, 0) is 0 Å². The molecule has 5 nitrogen and oxygen atoms in total. The monoisotopic (exact) mass is 359 g/mol. The van der Waals surface area contributed by atoms with Gasteiger partial charge in [-0.3, -0.25) is 0 Å². The molecular weight excluding hydrogens is 345 g/mol. The maximum absolute atomic E-state index is 6.18. The van der Waals surface area contributed by atoms with E-state index in [1.54, 1.807) is 12.1 Å². The van der Waals surface area contributed by atoms with Crippen LogP contribution in [-0.4, -0.2) is 15.2 Å². The van der Waals surface area contributed by atoms with Crippen LogP contribution < -0.4 is 10.6 Å². The van der Waals surface area contributed by atoms with Crippen LogP contribution in [0.4, 0.5) is 23.1 Å². The van der Waals surface area contributed by atoms with Crippen molar-refractivity contribution in [3.63, 3.8) is 0 Å². The molecule has 0 aliphatic carbocycles. The SMILES string of the molecule is Cc1cccc(C)c1Nc1nncc(Nc2cccc(Cl)c2Cl)n1. The Morgan fingerprint density at radius 1 is 0.917 bits per heavy atom. The minimum absolute atomic E-state index is 0.399. The van der Waals surface area contributed by atoms with E-state index in [2.05, 4.69) is 25.8 Å². The quantitative estimate of drug-likeness (QED) is 0.663. The molecule has 3 aromatic rings. The van der Waals surface area contributed by atoms with Crippen molar-refractivity contribution in [1.82, 2.24) is 15.2 Å². The maximum atomic E-state index is 6.18. The van der Waals surface area contributed by atoms with Crippen LogP contribution in [0.3, 0.4) is 0 Å². The first-order valence-corrected chi connectivity index (χ1v) is 8.04. The Morgan fingerprint density at radius 2 is 1.62 bits per heavy atom. The maximum Gasteiger partial charge on any atom is 0.249 e. The van der Waals surface area contributed by atoms with E-state index in [-0.39, 0.29) is 0 Å². The number of para-hydroxylation sites is 1. The van der Waals surface area contributed by atoms with Gasteiger partial charge in [0.1, 0.15) is 0 Å². The highest BCUT2D eigenvalue weighted by atomic mass is 35.5. The van der Waals surface area contributed by atoms with Gasteiger partial charge in [-0.1, -0.05) is 47.5 Å². The molecule has 1 heterocycles. The fraction of sp³-hybridized carbons (Fsp3) is 0.118. The average Bonchev–Trinajstić information content (AvgIpc) is 2.56. The molecular formula is C17H15Cl2N5. The Labute approximate surface area is 150 Å². The molecule has 0 aliphatic rings. The first kappa shape index (κ1) is 16.5. The smallest absolute Gasteiger partial charge is 0.249 e. The molecule has 0 atom stereocenters. The van der Waals surface area contributed by atoms with Gasteiger partial charge in [0.05, 0.1) is 21.9 Å². The summed E-state index contributed by atoms with van der Waals surface area (Å²) in [6.07, 6.45) is 1.52. The summed E-state index contributed by atoms with van der Waals surface area (Å²) in [6, 6.07) is 11.4. The molecule has 0 saturated carbocycles. The van der Waals surface area contributed by atoms with Gasteiger partial charge in [0.15, 0.2) is 5.82 Å². The van der Waals surface area contributed by atoms with Crippen LogP contribution in [0.15, 0.2) is 42.6 Å². The van der Waals surface area contributed by atoms with E-state index >= 15 is 0 Å². The van der Waals surface area contributed by atoms with Crippen LogP contribution in [0.2, 0.25) is 10.0 Å². The first-order valence-electron chi connectivity index (χ1n) is 7.28. The molecule has 0 bridgehead atoms. The Bertz CT molecular complexity index is 862. The number of aryl methyl sites for hydroxylation is 2. The summed E-state index contributed by atoms with van der Waals surface area (Å²) in [5.41, 5.74) is 3.84.